The molecular weight excluding hydrogens is 1850 g/mol. The second kappa shape index (κ2) is 40.2. The molecule has 128 heavy (non-hydrogen) atoms. The summed E-state index contributed by atoms with van der Waals surface area (Å²) in [6.45, 7) is 1.08. The van der Waals surface area contributed by atoms with E-state index >= 15 is 0 Å². The number of ether oxygens (including phenoxy) is 6. The highest BCUT2D eigenvalue weighted by atomic mass is 31.2. The van der Waals surface area contributed by atoms with E-state index in [0.29, 0.717) is 0 Å². The number of aromatic nitrogens is 12. The number of H-pyrrole nitrogens is 6. The smallest absolute Gasteiger partial charge is 0.352 e. The number of phosphoric acid groups is 6. The van der Waals surface area contributed by atoms with Crippen LogP contribution in [0.4, 0.5) is 0 Å². The highest BCUT2D eigenvalue weighted by Crippen LogP contribution is 2.57. The van der Waals surface area contributed by atoms with Gasteiger partial charge in [0, 0.05) is 120 Å². The predicted octanol–water partition coefficient (Wildman–Crippen LogP) is -0.400. The van der Waals surface area contributed by atoms with Crippen LogP contribution in [0.5, 0.6) is 0 Å². The molecule has 6 unspecified atom stereocenters. The molecule has 6 aliphatic rings. The maximum Gasteiger partial charge on any atom is 0.472 e. The van der Waals surface area contributed by atoms with Crippen molar-refractivity contribution < 1.29 is 139 Å². The lowest BCUT2D eigenvalue weighted by molar-refractivity contribution is -0.0653. The molecule has 0 aromatic carbocycles. The fourth-order valence-corrected chi connectivity index (χ4v) is 19.9. The Morgan fingerprint density at radius 1 is 0.359 bits per heavy atom. The van der Waals surface area contributed by atoms with Crippen LogP contribution in [0.15, 0.2) is 99.8 Å². The van der Waals surface area contributed by atoms with Gasteiger partial charge in [-0.25, -0.2) is 56.2 Å². The third-order valence-corrected chi connectivity index (χ3v) is 26.6. The largest absolute Gasteiger partial charge is 0.472 e. The number of hydrogen-bond donors (Lipinski definition) is 12. The Morgan fingerprint density at radius 2 is 0.547 bits per heavy atom. The summed E-state index contributed by atoms with van der Waals surface area (Å²) in [5, 5.41) is 3.43. The lowest BCUT2D eigenvalue weighted by Crippen LogP contribution is -2.33. The van der Waals surface area contributed by atoms with Crippen molar-refractivity contribution in [2.45, 2.75) is 204 Å². The van der Waals surface area contributed by atoms with Crippen LogP contribution in [0.25, 0.3) is 10.4 Å². The van der Waals surface area contributed by atoms with Crippen molar-refractivity contribution in [3.8, 4) is 12.3 Å². The predicted molar refractivity (Wildman–Crippen MR) is 424 cm³/mol. The molecule has 24 atom stereocenters. The molecule has 63 heteroatoms. The highest BCUT2D eigenvalue weighted by molar-refractivity contribution is 7.48. The maximum atomic E-state index is 14.4. The van der Waals surface area contributed by atoms with Crippen molar-refractivity contribution >= 4 is 46.9 Å². The van der Waals surface area contributed by atoms with E-state index in [-0.39, 0.29) is 52.8 Å². The average molecular weight is 1930 g/mol. The first-order valence-corrected chi connectivity index (χ1v) is 47.3. The summed E-state index contributed by atoms with van der Waals surface area (Å²) < 4.78 is 190. The summed E-state index contributed by atoms with van der Waals surface area (Å²) >= 11 is 0. The van der Waals surface area contributed by atoms with Gasteiger partial charge in [-0.15, -0.1) is 12.3 Å². The number of nitrogens with zero attached hydrogens (tertiary/aromatic N) is 9. The van der Waals surface area contributed by atoms with Gasteiger partial charge in [-0.1, -0.05) is 5.11 Å². The quantitative estimate of drug-likeness (QED) is 0.00583. The van der Waals surface area contributed by atoms with Crippen LogP contribution in [-0.4, -0.2) is 206 Å². The Bertz CT molecular complexity index is 6360. The fraction of sp³-hybridized carbons (Fsp3) is 0.600. The third kappa shape index (κ3) is 24.6. The number of phosphoric ester groups is 6. The molecule has 6 aromatic heterocycles. The normalized spacial score (nSPS) is 28.7. The van der Waals surface area contributed by atoms with E-state index in [9.17, 15) is 114 Å². The van der Waals surface area contributed by atoms with Gasteiger partial charge in [0.2, 0.25) is 0 Å². The molecular formula is C65H85N15O42P6. The van der Waals surface area contributed by atoms with Crippen molar-refractivity contribution in [2.75, 3.05) is 46.2 Å². The standard InChI is InChI=1S/C65H85N15O42P6/c1-8-9-10-11-105-123(93,94)118-37-13-49(76-20-31(3)55(82)69-61(76)88)112-43(37)25-107-125(97,98)120-39-15-51(78-22-33(5)57(84)71-63(78)90)114-45(39)27-109-127(101,102)122-41-17-53(80-24-35(7)59(86)73-65(80)92)116-47(41)29-110-128(103,104)121-40-16-52(79-23-34(6)58(85)72-64(79)91)115-46(40)28-108-126(99,100)119-38-14-50(77-21-32(4)56(83)70-62(77)89)113-44(38)26-106-124(95,96)117-36-12-48(111-42(36)18-67-74-66)75-19-30(2)54(81)68-60(75)87/h1,19-24,36-53H,9-18,25-29H2,2-7H3,(H,93,94)(H,95,96)(H,97,98)(H,99,100)(H,101,102)(H,103,104)(H,68,81,87)(H,69,82,88)(H,70,83,89)(H,71,84,90)(H,72,85,91)(H,73,86,92)/t36-,37-,38-,39-,40-,41-,42+,43+,44+,45+,46+,47+,48+,49+,50+,51+,52+,53+/m0/s1. The Kier molecular flexibility index (Phi) is 30.9. The van der Waals surface area contributed by atoms with Crippen molar-refractivity contribution in [2.24, 2.45) is 5.11 Å². The number of nitrogens with one attached hydrogen (secondary N) is 6. The number of hydrogen-bond acceptors (Lipinski definition) is 37. The van der Waals surface area contributed by atoms with Gasteiger partial charge in [0.25, 0.3) is 33.4 Å². The maximum absolute atomic E-state index is 14.4. The number of unbranched alkanes of at least 4 members (excludes halogenated alkanes) is 1. The minimum Gasteiger partial charge on any atom is -0.352 e. The molecule has 6 aromatic rings. The van der Waals surface area contributed by atoms with Crippen molar-refractivity contribution in [1.82, 2.24) is 57.3 Å². The van der Waals surface area contributed by atoms with Crippen LogP contribution in [0.1, 0.15) is 122 Å². The van der Waals surface area contributed by atoms with Crippen LogP contribution in [-0.2, 0) is 110 Å². The average Bonchev–Trinajstić information content (AvgIpc) is 1.66. The Balaban J connectivity index is 0.748. The first kappa shape index (κ1) is 98.4. The number of rotatable bonds is 39. The lowest BCUT2D eigenvalue weighted by Gasteiger charge is -2.26. The van der Waals surface area contributed by atoms with Crippen LogP contribution in [0, 0.1) is 53.9 Å². The minimum atomic E-state index is -5.76. The molecule has 0 spiro atoms. The number of terminal acetylenes is 1. The SMILES string of the molecule is C#CCCCOP(=O)(O)O[C@H]1C[C@H](n2cc(C)c(=O)[nH]c2=O)O[C@@H]1COP(=O)(O)O[C@H]1C[C@H](n2cc(C)c(=O)[nH]c2=O)O[C@@H]1COP(=O)(O)O[C@H]1C[C@H](n2cc(C)c(=O)[nH]c2=O)O[C@@H]1COP(=O)(O)O[C@H]1C[C@H](n2cc(C)c(=O)[nH]c2=O)O[C@@H]1COP(=O)(O)O[C@H]1C[C@H](n2cc(C)c(=O)[nH]c2=O)O[C@@H]1COP(=O)(O)O[C@H]1C[C@H](n2cc(C)c(=O)[nH]c2=O)O[C@@H]1CN=[N+]=[N-]. The van der Waals surface area contributed by atoms with Crippen molar-refractivity contribution in [3.63, 3.8) is 0 Å². The molecule has 0 saturated carbocycles. The summed E-state index contributed by atoms with van der Waals surface area (Å²) in [6, 6.07) is 0. The third-order valence-electron chi connectivity index (χ3n) is 20.5. The molecule has 6 aliphatic heterocycles. The van der Waals surface area contributed by atoms with Gasteiger partial charge in [-0.05, 0) is 53.5 Å². The Labute approximate surface area is 714 Å². The molecule has 0 aliphatic carbocycles. The van der Waals surface area contributed by atoms with E-state index in [1.54, 1.807) is 0 Å². The minimum absolute atomic E-state index is 0.0143. The van der Waals surface area contributed by atoms with Crippen molar-refractivity contribution in [3.05, 3.63) is 206 Å². The summed E-state index contributed by atoms with van der Waals surface area (Å²) in [6.07, 6.45) is -21.8. The second-order valence-corrected chi connectivity index (χ2v) is 38.2. The Hall–Kier alpha value is -8.63. The molecule has 0 amide bonds. The molecule has 6 saturated heterocycles. The zero-order chi connectivity index (χ0) is 93.2. The van der Waals surface area contributed by atoms with E-state index < -0.39 is 303 Å². The summed E-state index contributed by atoms with van der Waals surface area (Å²) in [5.41, 5.74) is -2.44. The van der Waals surface area contributed by atoms with E-state index in [0.717, 1.165) is 64.6 Å². The van der Waals surface area contributed by atoms with Crippen LogP contribution in [0.2, 0.25) is 0 Å². The van der Waals surface area contributed by atoms with Crippen LogP contribution < -0.4 is 67.5 Å². The summed E-state index contributed by atoms with van der Waals surface area (Å²) in [4.78, 5) is 236. The van der Waals surface area contributed by atoms with Gasteiger partial charge in [0.15, 0.2) is 0 Å². The molecule has 57 nitrogen and oxygen atoms in total. The first-order chi connectivity index (χ1) is 60.0. The number of azide groups is 1. The molecule has 0 radical (unpaired) electrons. The molecule has 12 N–H and O–H groups in total. The topological polar surface area (TPSA) is 768 Å². The van der Waals surface area contributed by atoms with E-state index in [1.165, 1.54) is 41.5 Å². The van der Waals surface area contributed by atoms with Crippen LogP contribution >= 0.6 is 46.9 Å². The Morgan fingerprint density at radius 3 is 0.742 bits per heavy atom. The molecule has 6 fully saturated rings. The summed E-state index contributed by atoms with van der Waals surface area (Å²) in [7, 11) is -33.2. The molecule has 12 rings (SSSR count). The van der Waals surface area contributed by atoms with Gasteiger partial charge in [0.1, 0.15) is 105 Å². The van der Waals surface area contributed by atoms with Gasteiger partial charge in [0.05, 0.1) is 52.3 Å². The molecule has 12 heterocycles. The summed E-state index contributed by atoms with van der Waals surface area (Å²) in [5.74, 6) is 2.32. The monoisotopic (exact) mass is 1930 g/mol. The zero-order valence-corrected chi connectivity index (χ0v) is 73.0. The van der Waals surface area contributed by atoms with E-state index in [2.05, 4.69) is 25.9 Å². The van der Waals surface area contributed by atoms with Gasteiger partial charge in [-0.3, -0.25) is 140 Å². The lowest BCUT2D eigenvalue weighted by atomic mass is 10.2. The van der Waals surface area contributed by atoms with E-state index in [1.807, 2.05) is 19.9 Å². The van der Waals surface area contributed by atoms with Crippen molar-refractivity contribution in [1.29, 1.82) is 0 Å². The van der Waals surface area contributed by atoms with Gasteiger partial charge >= 0.3 is 81.1 Å². The number of aromatic amines is 6. The fourth-order valence-electron chi connectivity index (χ4n) is 14.1. The highest BCUT2D eigenvalue weighted by Gasteiger charge is 2.52. The molecule has 0 bridgehead atoms. The van der Waals surface area contributed by atoms with E-state index in [4.69, 9.17) is 94.7 Å². The molecule has 702 valence electrons. The van der Waals surface area contributed by atoms with Crippen LogP contribution in [0.3, 0.4) is 0 Å². The first-order valence-electron chi connectivity index (χ1n) is 38.3. The zero-order valence-electron chi connectivity index (χ0n) is 67.6. The second-order valence-electron chi connectivity index (χ2n) is 29.8. The van der Waals surface area contributed by atoms with Gasteiger partial charge < -0.3 is 57.8 Å². The number of aryl methyl sites for hydroxylation is 6. The van der Waals surface area contributed by atoms with Gasteiger partial charge in [-0.2, -0.15) is 0 Å².